The number of carbonyl (C=O) groups is 1. The standard InChI is InChI=1S/C21H21ClN6O4S/c1-14-4-2-3-5-18(14)27-20(26-8-10-32-11-9-26)24-25-21(27)33-13-19(29)23-17-12-15(28(30)31)6-7-16(17)22/h2-7,12H,8-11,13H2,1H3,(H,23,29). The maximum atomic E-state index is 12.6. The lowest BCUT2D eigenvalue weighted by Crippen LogP contribution is -2.38. The number of benzene rings is 2. The first kappa shape index (κ1) is 23.0. The number of hydrogen-bond donors (Lipinski definition) is 1. The Kier molecular flexibility index (Phi) is 7.11. The molecule has 1 N–H and O–H groups in total. The van der Waals surface area contributed by atoms with E-state index in [0.29, 0.717) is 37.4 Å². The SMILES string of the molecule is Cc1ccccc1-n1c(SCC(=O)Nc2cc([N+](=O)[O-])ccc2Cl)nnc1N1CCOCC1. The maximum Gasteiger partial charge on any atom is 0.271 e. The Morgan fingerprint density at radius 3 is 2.73 bits per heavy atom. The number of amides is 1. The van der Waals surface area contributed by atoms with Crippen molar-refractivity contribution < 1.29 is 14.5 Å². The molecule has 10 nitrogen and oxygen atoms in total. The van der Waals surface area contributed by atoms with Crippen LogP contribution < -0.4 is 10.2 Å². The van der Waals surface area contributed by atoms with Crippen LogP contribution >= 0.6 is 23.4 Å². The van der Waals surface area contributed by atoms with Crippen LogP contribution in [0.3, 0.4) is 0 Å². The summed E-state index contributed by atoms with van der Waals surface area (Å²) in [6, 6.07) is 11.8. The first-order valence-electron chi connectivity index (χ1n) is 10.1. The van der Waals surface area contributed by atoms with Crippen molar-refractivity contribution in [2.24, 2.45) is 0 Å². The first-order valence-corrected chi connectivity index (χ1v) is 11.5. The Bertz CT molecular complexity index is 1180. The van der Waals surface area contributed by atoms with Gasteiger partial charge in [-0.3, -0.25) is 19.5 Å². The van der Waals surface area contributed by atoms with Crippen LogP contribution in [0.25, 0.3) is 5.69 Å². The number of rotatable bonds is 7. The summed E-state index contributed by atoms with van der Waals surface area (Å²) in [5.41, 5.74) is 2.00. The van der Waals surface area contributed by atoms with Crippen LogP contribution in [0.1, 0.15) is 5.56 Å². The number of hydrogen-bond acceptors (Lipinski definition) is 8. The van der Waals surface area contributed by atoms with Gasteiger partial charge in [0.1, 0.15) is 0 Å². The molecule has 3 aromatic rings. The number of para-hydroxylation sites is 1. The number of nitro benzene ring substituents is 1. The van der Waals surface area contributed by atoms with Crippen molar-refractivity contribution in [1.29, 1.82) is 0 Å². The number of carbonyl (C=O) groups excluding carboxylic acids is 1. The lowest BCUT2D eigenvalue weighted by atomic mass is 10.2. The van der Waals surface area contributed by atoms with Crippen molar-refractivity contribution in [2.45, 2.75) is 12.1 Å². The Morgan fingerprint density at radius 1 is 1.24 bits per heavy atom. The minimum absolute atomic E-state index is 0.0200. The summed E-state index contributed by atoms with van der Waals surface area (Å²) in [5.74, 6) is 0.346. The number of morpholine rings is 1. The van der Waals surface area contributed by atoms with Crippen LogP contribution in [0.5, 0.6) is 0 Å². The first-order chi connectivity index (χ1) is 15.9. The molecule has 1 saturated heterocycles. The highest BCUT2D eigenvalue weighted by atomic mass is 35.5. The molecule has 12 heteroatoms. The summed E-state index contributed by atoms with van der Waals surface area (Å²) in [5, 5.41) is 23.2. The van der Waals surface area contributed by atoms with E-state index in [2.05, 4.69) is 20.4 Å². The fourth-order valence-corrected chi connectivity index (χ4v) is 4.29. The molecule has 2 heterocycles. The highest BCUT2D eigenvalue weighted by molar-refractivity contribution is 7.99. The highest BCUT2D eigenvalue weighted by Gasteiger charge is 2.23. The van der Waals surface area contributed by atoms with Gasteiger partial charge in [-0.05, 0) is 24.6 Å². The number of aromatic nitrogens is 3. The number of nitro groups is 1. The van der Waals surface area contributed by atoms with Gasteiger partial charge in [-0.1, -0.05) is 41.6 Å². The topological polar surface area (TPSA) is 115 Å². The summed E-state index contributed by atoms with van der Waals surface area (Å²) in [7, 11) is 0. The van der Waals surface area contributed by atoms with E-state index in [1.165, 1.54) is 30.0 Å². The third-order valence-corrected chi connectivity index (χ3v) is 6.29. The number of nitrogens with one attached hydrogen (secondary N) is 1. The van der Waals surface area contributed by atoms with Gasteiger partial charge in [0, 0.05) is 25.2 Å². The zero-order chi connectivity index (χ0) is 23.4. The number of thioether (sulfide) groups is 1. The van der Waals surface area contributed by atoms with Gasteiger partial charge in [-0.15, -0.1) is 10.2 Å². The Labute approximate surface area is 199 Å². The maximum absolute atomic E-state index is 12.6. The molecular weight excluding hydrogens is 468 g/mol. The molecule has 0 radical (unpaired) electrons. The van der Waals surface area contributed by atoms with Crippen LogP contribution in [0.15, 0.2) is 47.6 Å². The number of nitrogens with zero attached hydrogens (tertiary/aromatic N) is 5. The van der Waals surface area contributed by atoms with E-state index in [-0.39, 0.29) is 28.1 Å². The number of aryl methyl sites for hydroxylation is 1. The van der Waals surface area contributed by atoms with Gasteiger partial charge in [0.05, 0.1) is 40.3 Å². The van der Waals surface area contributed by atoms with E-state index in [9.17, 15) is 14.9 Å². The molecule has 0 saturated carbocycles. The minimum Gasteiger partial charge on any atom is -0.378 e. The largest absolute Gasteiger partial charge is 0.378 e. The Hall–Kier alpha value is -3.15. The number of non-ortho nitro benzene ring substituents is 1. The third kappa shape index (κ3) is 5.27. The predicted molar refractivity (Wildman–Crippen MR) is 127 cm³/mol. The second-order valence-electron chi connectivity index (χ2n) is 7.26. The van der Waals surface area contributed by atoms with Crippen LogP contribution in [-0.4, -0.2) is 57.7 Å². The lowest BCUT2D eigenvalue weighted by molar-refractivity contribution is -0.384. The van der Waals surface area contributed by atoms with Gasteiger partial charge in [-0.25, -0.2) is 0 Å². The van der Waals surface area contributed by atoms with Gasteiger partial charge < -0.3 is 15.0 Å². The summed E-state index contributed by atoms with van der Waals surface area (Å²) >= 11 is 7.31. The number of ether oxygens (including phenoxy) is 1. The van der Waals surface area contributed by atoms with Crippen LogP contribution in [-0.2, 0) is 9.53 Å². The van der Waals surface area contributed by atoms with Crippen LogP contribution in [0, 0.1) is 17.0 Å². The van der Waals surface area contributed by atoms with Gasteiger partial charge in [0.25, 0.3) is 5.69 Å². The smallest absolute Gasteiger partial charge is 0.271 e. The fourth-order valence-electron chi connectivity index (χ4n) is 3.39. The molecule has 0 atom stereocenters. The number of halogens is 1. The van der Waals surface area contributed by atoms with E-state index in [1.807, 2.05) is 35.8 Å². The van der Waals surface area contributed by atoms with Gasteiger partial charge in [0.15, 0.2) is 5.16 Å². The molecule has 1 aliphatic heterocycles. The van der Waals surface area contributed by atoms with Crippen LogP contribution in [0.4, 0.5) is 17.3 Å². The molecule has 1 aliphatic rings. The quantitative estimate of drug-likeness (QED) is 0.304. The van der Waals surface area contributed by atoms with Crippen LogP contribution in [0.2, 0.25) is 5.02 Å². The molecule has 33 heavy (non-hydrogen) atoms. The van der Waals surface area contributed by atoms with E-state index >= 15 is 0 Å². The van der Waals surface area contributed by atoms with E-state index < -0.39 is 4.92 Å². The van der Waals surface area contributed by atoms with Crippen molar-refractivity contribution >= 4 is 46.6 Å². The molecule has 0 bridgehead atoms. The minimum atomic E-state index is -0.543. The molecule has 172 valence electrons. The van der Waals surface area contributed by atoms with E-state index in [0.717, 1.165) is 11.3 Å². The molecule has 0 aliphatic carbocycles. The highest BCUT2D eigenvalue weighted by Crippen LogP contribution is 2.30. The number of anilines is 2. The van der Waals surface area contributed by atoms with Crippen molar-refractivity contribution in [3.05, 3.63) is 63.2 Å². The van der Waals surface area contributed by atoms with Crippen molar-refractivity contribution in [3.63, 3.8) is 0 Å². The zero-order valence-corrected chi connectivity index (χ0v) is 19.3. The molecule has 1 amide bonds. The summed E-state index contributed by atoms with van der Waals surface area (Å²) in [6.45, 7) is 4.61. The predicted octanol–water partition coefficient (Wildman–Crippen LogP) is 3.70. The lowest BCUT2D eigenvalue weighted by Gasteiger charge is -2.28. The average molecular weight is 489 g/mol. The van der Waals surface area contributed by atoms with E-state index in [4.69, 9.17) is 16.3 Å². The third-order valence-electron chi connectivity index (χ3n) is 5.03. The fraction of sp³-hybridized carbons (Fsp3) is 0.286. The summed E-state index contributed by atoms with van der Waals surface area (Å²) in [6.07, 6.45) is 0. The van der Waals surface area contributed by atoms with Crippen molar-refractivity contribution in [1.82, 2.24) is 14.8 Å². The van der Waals surface area contributed by atoms with Crippen molar-refractivity contribution in [3.8, 4) is 5.69 Å². The van der Waals surface area contributed by atoms with Gasteiger partial charge in [-0.2, -0.15) is 0 Å². The van der Waals surface area contributed by atoms with E-state index in [1.54, 1.807) is 0 Å². The average Bonchev–Trinajstić information content (AvgIpc) is 3.23. The second-order valence-corrected chi connectivity index (χ2v) is 8.61. The Balaban J connectivity index is 1.55. The molecule has 0 spiro atoms. The van der Waals surface area contributed by atoms with Gasteiger partial charge >= 0.3 is 0 Å². The summed E-state index contributed by atoms with van der Waals surface area (Å²) in [4.78, 5) is 25.2. The normalized spacial score (nSPS) is 13.7. The zero-order valence-electron chi connectivity index (χ0n) is 17.7. The molecular formula is C21H21ClN6O4S. The molecule has 2 aromatic carbocycles. The Morgan fingerprint density at radius 2 is 2.00 bits per heavy atom. The summed E-state index contributed by atoms with van der Waals surface area (Å²) < 4.78 is 7.40. The van der Waals surface area contributed by atoms with Gasteiger partial charge in [0.2, 0.25) is 11.9 Å². The molecule has 0 unspecified atom stereocenters. The monoisotopic (exact) mass is 488 g/mol. The molecule has 4 rings (SSSR count). The molecule has 1 fully saturated rings. The molecule has 1 aromatic heterocycles. The second kappa shape index (κ2) is 10.2. The van der Waals surface area contributed by atoms with Crippen molar-refractivity contribution in [2.75, 3.05) is 42.3 Å².